The van der Waals surface area contributed by atoms with E-state index in [4.69, 9.17) is 11.0 Å². The molecule has 0 aliphatic carbocycles. The molecule has 0 saturated heterocycles. The van der Waals surface area contributed by atoms with Crippen LogP contribution < -0.4 is 0 Å². The zero-order chi connectivity index (χ0) is 53.3. The second-order valence-corrected chi connectivity index (χ2v) is 15.3. The van der Waals surface area contributed by atoms with Crippen molar-refractivity contribution in [1.82, 2.24) is 19.9 Å². The van der Waals surface area contributed by atoms with Gasteiger partial charge in [-0.25, -0.2) is 0 Å². The van der Waals surface area contributed by atoms with Gasteiger partial charge in [0.25, 0.3) is 0 Å². The van der Waals surface area contributed by atoms with E-state index in [1.807, 2.05) is 194 Å². The van der Waals surface area contributed by atoms with Crippen molar-refractivity contribution in [3.8, 4) is 67.3 Å². The number of hydrogen-bond donors (Lipinski definition) is 0. The summed E-state index contributed by atoms with van der Waals surface area (Å²) >= 11 is 0. The summed E-state index contributed by atoms with van der Waals surface area (Å²) in [6, 6.07) is 78.0. The number of nitrogens with zero attached hydrogens (tertiary/aromatic N) is 4. The van der Waals surface area contributed by atoms with Crippen molar-refractivity contribution < 1.29 is 51.2 Å². The van der Waals surface area contributed by atoms with E-state index in [0.717, 1.165) is 72.8 Å². The number of rotatable bonds is 9. The summed E-state index contributed by atoms with van der Waals surface area (Å²) in [6.45, 7) is -1.80. The first-order chi connectivity index (χ1) is 36.0. The van der Waals surface area contributed by atoms with Crippen molar-refractivity contribution in [2.75, 3.05) is 0 Å². The predicted molar refractivity (Wildman–Crippen MR) is 278 cm³/mol. The minimum Gasteiger partial charge on any atom is -0.305 e. The van der Waals surface area contributed by atoms with E-state index in [0.29, 0.717) is 5.56 Å². The number of aromatic nitrogens is 4. The molecule has 0 saturated carbocycles. The Hall–Kier alpha value is -6.78. The van der Waals surface area contributed by atoms with Crippen molar-refractivity contribution >= 4 is 0 Å². The molecule has 348 valence electrons. The van der Waals surface area contributed by atoms with Gasteiger partial charge in [0.05, 0.1) is 0 Å². The Morgan fingerprint density at radius 2 is 0.797 bits per heavy atom. The van der Waals surface area contributed by atoms with E-state index in [2.05, 4.69) is 44.2 Å². The van der Waals surface area contributed by atoms with Gasteiger partial charge in [-0.2, -0.15) is 0 Å². The summed E-state index contributed by atoms with van der Waals surface area (Å²) in [5, 5.41) is 0. The largest absolute Gasteiger partial charge is 0.305 e. The van der Waals surface area contributed by atoms with E-state index in [9.17, 15) is 0 Å². The third-order valence-corrected chi connectivity index (χ3v) is 10.2. The zero-order valence-electron chi connectivity index (χ0n) is 46.1. The standard InChI is InChI=1S/C21H20N.C20H18N.2C11H8N.2Ir/c1-16(2)14-17-8-10-18(11-9-17)20-12-13-22-21(15-20)19-6-4-3-5-7-19;1-15(2)16-8-10-17(11-9-16)19-12-13-21-20(14-19)18-6-4-3-5-7-18;2*1-2-6-10(7-3-1)11-8-4-5-9-12-11;;/h3-6,8-13,15-16H,14H2,1-2H3;3-6,8-15H,1-2H3;2*1-6,8-9H;;/q4*-1;;/i1D3,16D;1D3,15D;;;;. The molecule has 4 aromatic heterocycles. The maximum Gasteiger partial charge on any atom is 0.0347 e. The van der Waals surface area contributed by atoms with E-state index >= 15 is 0 Å². The Kier molecular flexibility index (Phi) is 17.5. The molecule has 69 heavy (non-hydrogen) atoms. The molecule has 0 amide bonds. The summed E-state index contributed by atoms with van der Waals surface area (Å²) in [4.78, 5) is 17.2. The van der Waals surface area contributed by atoms with Crippen LogP contribution in [0, 0.1) is 30.2 Å². The van der Waals surface area contributed by atoms with Gasteiger partial charge in [-0.15, -0.1) is 144 Å². The molecule has 0 bridgehead atoms. The van der Waals surface area contributed by atoms with Crippen molar-refractivity contribution in [2.45, 2.75) is 39.9 Å². The average Bonchev–Trinajstić information content (AvgIpc) is 3.45. The molecular weight excluding hydrogens is 1200 g/mol. The van der Waals surface area contributed by atoms with Gasteiger partial charge in [0.15, 0.2) is 0 Å². The van der Waals surface area contributed by atoms with Crippen LogP contribution in [0.5, 0.6) is 0 Å². The third-order valence-electron chi connectivity index (χ3n) is 10.2. The molecule has 10 aromatic rings. The van der Waals surface area contributed by atoms with Crippen LogP contribution in [0.3, 0.4) is 0 Å². The Labute approximate surface area is 448 Å². The van der Waals surface area contributed by atoms with Crippen molar-refractivity contribution in [2.24, 2.45) is 5.89 Å². The number of hydrogen-bond acceptors (Lipinski definition) is 4. The Balaban J connectivity index is 0.000000198. The maximum absolute atomic E-state index is 8.16. The quantitative estimate of drug-likeness (QED) is 0.135. The normalized spacial score (nSPS) is 13.9. The van der Waals surface area contributed by atoms with Gasteiger partial charge in [0.2, 0.25) is 0 Å². The number of pyridine rings is 4. The van der Waals surface area contributed by atoms with Crippen molar-refractivity contribution in [3.05, 3.63) is 266 Å². The van der Waals surface area contributed by atoms with Gasteiger partial charge in [0.1, 0.15) is 0 Å². The van der Waals surface area contributed by atoms with Gasteiger partial charge >= 0.3 is 0 Å². The van der Waals surface area contributed by atoms with E-state index < -0.39 is 25.5 Å². The first-order valence-corrected chi connectivity index (χ1v) is 21.8. The van der Waals surface area contributed by atoms with Crippen LogP contribution in [0.1, 0.15) is 55.5 Å². The molecule has 2 unspecified atom stereocenters. The van der Waals surface area contributed by atoms with E-state index in [1.54, 1.807) is 36.9 Å². The molecule has 0 spiro atoms. The second-order valence-electron chi connectivity index (χ2n) is 15.3. The first kappa shape index (κ1) is 42.3. The molecule has 2 atom stereocenters. The molecule has 2 radical (unpaired) electrons. The smallest absolute Gasteiger partial charge is 0.0347 e. The summed E-state index contributed by atoms with van der Waals surface area (Å²) in [6.07, 6.45) is 7.28. The molecule has 6 heteroatoms. The first-order valence-electron chi connectivity index (χ1n) is 25.8. The molecule has 6 aromatic carbocycles. The van der Waals surface area contributed by atoms with Crippen LogP contribution in [0.2, 0.25) is 0 Å². The fourth-order valence-corrected chi connectivity index (χ4v) is 6.80. The maximum atomic E-state index is 8.16. The fourth-order valence-electron chi connectivity index (χ4n) is 6.80. The van der Waals surface area contributed by atoms with Crippen molar-refractivity contribution in [3.63, 3.8) is 0 Å². The molecule has 4 nitrogen and oxygen atoms in total. The van der Waals surface area contributed by atoms with Crippen LogP contribution >= 0.6 is 0 Å². The summed E-state index contributed by atoms with van der Waals surface area (Å²) in [5.41, 5.74) is 12.9. The third kappa shape index (κ3) is 16.7. The Bertz CT molecular complexity index is 3130. The van der Waals surface area contributed by atoms with Crippen molar-refractivity contribution in [1.29, 1.82) is 0 Å². The molecule has 0 fully saturated rings. The topological polar surface area (TPSA) is 51.6 Å². The zero-order valence-corrected chi connectivity index (χ0v) is 42.9. The minimum absolute atomic E-state index is 0. The summed E-state index contributed by atoms with van der Waals surface area (Å²) in [5.74, 6) is -3.13. The van der Waals surface area contributed by atoms with E-state index in [-0.39, 0.29) is 46.6 Å². The van der Waals surface area contributed by atoms with Gasteiger partial charge in [-0.3, -0.25) is 0 Å². The molecule has 0 aliphatic heterocycles. The molecule has 0 N–H and O–H groups in total. The van der Waals surface area contributed by atoms with Crippen LogP contribution in [-0.4, -0.2) is 19.9 Å². The monoisotopic (exact) mass is 1260 g/mol. The van der Waals surface area contributed by atoms with Crippen LogP contribution in [0.15, 0.2) is 231 Å². The summed E-state index contributed by atoms with van der Waals surface area (Å²) in [7, 11) is 0. The second kappa shape index (κ2) is 28.5. The number of benzene rings is 6. The van der Waals surface area contributed by atoms with Crippen LogP contribution in [-0.2, 0) is 46.6 Å². The molecule has 10 rings (SSSR count). The fraction of sp³-hybridized carbons (Fsp3) is 0.111. The Morgan fingerprint density at radius 3 is 1.16 bits per heavy atom. The van der Waals surface area contributed by atoms with Gasteiger partial charge in [-0.05, 0) is 98.6 Å². The van der Waals surface area contributed by atoms with E-state index in [1.165, 1.54) is 13.8 Å². The minimum atomic E-state index is -2.37. The SMILES string of the molecule is [2H]C([2H])([2H])C([2H])(C)Cc1ccc(-c2ccnc(-c3[c-]cccc3)c2)cc1.[2H]C([2H])([2H])C([2H])(C)c1ccc(-c2ccnc(-c3[c-]cccc3)c2)cc1.[Ir].[Ir].[c-]1ccccc1-c1ccccn1.[c-]1ccccc1-c1ccccn1. The predicted octanol–water partition coefficient (Wildman–Crippen LogP) is 15.8. The van der Waals surface area contributed by atoms with Gasteiger partial charge in [0, 0.05) is 76.0 Å². The molecule has 0 aliphatic rings. The molecular formula is C63H54Ir2N4-4. The van der Waals surface area contributed by atoms with Crippen LogP contribution in [0.25, 0.3) is 67.3 Å². The molecule has 4 heterocycles. The van der Waals surface area contributed by atoms with Gasteiger partial charge < -0.3 is 19.9 Å². The summed E-state index contributed by atoms with van der Waals surface area (Å²) < 4.78 is 61.4. The van der Waals surface area contributed by atoms with Gasteiger partial charge in [-0.1, -0.05) is 112 Å². The Morgan fingerprint density at radius 1 is 0.406 bits per heavy atom. The average molecular weight is 1260 g/mol. The van der Waals surface area contributed by atoms with Crippen LogP contribution in [0.4, 0.5) is 0 Å².